The number of amides is 2. The molecule has 8 heteroatoms. The van der Waals surface area contributed by atoms with Crippen LogP contribution in [-0.4, -0.2) is 47.8 Å². The van der Waals surface area contributed by atoms with Gasteiger partial charge in [-0.1, -0.05) is 0 Å². The van der Waals surface area contributed by atoms with Crippen molar-refractivity contribution in [3.63, 3.8) is 0 Å². The van der Waals surface area contributed by atoms with Crippen molar-refractivity contribution < 1.29 is 23.9 Å². The molecule has 0 aromatic heterocycles. The maximum atomic E-state index is 11.3. The summed E-state index contributed by atoms with van der Waals surface area (Å²) in [5.74, 6) is -2.33. The summed E-state index contributed by atoms with van der Waals surface area (Å²) in [6, 6.07) is -0.923. The fourth-order valence-corrected chi connectivity index (χ4v) is 1.63. The Labute approximate surface area is 115 Å². The summed E-state index contributed by atoms with van der Waals surface area (Å²) >= 11 is 0. The molecule has 1 rings (SSSR count). The van der Waals surface area contributed by atoms with E-state index in [1.807, 2.05) is 0 Å². The standard InChI is InChI=1S/C12H17N3O5/c13-7-11(18)20-12(19)8(14)3-1-2-6-15-9(16)4-5-10(15)17/h4-5,8H,1-3,6-7,13-14H2/t8-/m0/s1. The molecule has 0 bridgehead atoms. The van der Waals surface area contributed by atoms with Gasteiger partial charge in [0.1, 0.15) is 6.04 Å². The van der Waals surface area contributed by atoms with Crippen LogP contribution in [0.3, 0.4) is 0 Å². The van der Waals surface area contributed by atoms with Gasteiger partial charge in [-0.05, 0) is 19.3 Å². The van der Waals surface area contributed by atoms with Gasteiger partial charge < -0.3 is 16.2 Å². The van der Waals surface area contributed by atoms with Crippen LogP contribution in [0.5, 0.6) is 0 Å². The number of carbonyl (C=O) groups is 4. The Morgan fingerprint density at radius 1 is 1.20 bits per heavy atom. The average Bonchev–Trinajstić information content (AvgIpc) is 2.74. The van der Waals surface area contributed by atoms with Crippen LogP contribution in [0.15, 0.2) is 12.2 Å². The van der Waals surface area contributed by atoms with E-state index in [1.165, 1.54) is 12.2 Å². The fraction of sp³-hybridized carbons (Fsp3) is 0.500. The first-order valence-corrected chi connectivity index (χ1v) is 6.19. The van der Waals surface area contributed by atoms with Crippen molar-refractivity contribution in [2.75, 3.05) is 13.1 Å². The number of imide groups is 1. The van der Waals surface area contributed by atoms with E-state index in [2.05, 4.69) is 4.74 Å². The van der Waals surface area contributed by atoms with Crippen molar-refractivity contribution in [1.29, 1.82) is 0 Å². The number of unbranched alkanes of at least 4 members (excludes halogenated alkanes) is 1. The minimum Gasteiger partial charge on any atom is -0.391 e. The summed E-state index contributed by atoms with van der Waals surface area (Å²) in [6.07, 6.45) is 3.75. The van der Waals surface area contributed by atoms with Gasteiger partial charge in [0.05, 0.1) is 6.54 Å². The van der Waals surface area contributed by atoms with E-state index in [-0.39, 0.29) is 24.9 Å². The molecule has 0 spiro atoms. The van der Waals surface area contributed by atoms with Crippen LogP contribution in [-0.2, 0) is 23.9 Å². The number of hydrogen-bond acceptors (Lipinski definition) is 7. The lowest BCUT2D eigenvalue weighted by Crippen LogP contribution is -2.35. The van der Waals surface area contributed by atoms with E-state index in [1.54, 1.807) is 0 Å². The van der Waals surface area contributed by atoms with Gasteiger partial charge in [0.2, 0.25) is 0 Å². The summed E-state index contributed by atoms with van der Waals surface area (Å²) in [5.41, 5.74) is 10.5. The second-order valence-corrected chi connectivity index (χ2v) is 4.26. The predicted molar refractivity (Wildman–Crippen MR) is 67.8 cm³/mol. The van der Waals surface area contributed by atoms with E-state index >= 15 is 0 Å². The molecule has 0 aromatic rings. The molecule has 0 aliphatic carbocycles. The van der Waals surface area contributed by atoms with Crippen LogP contribution < -0.4 is 11.5 Å². The molecule has 0 radical (unpaired) electrons. The lowest BCUT2D eigenvalue weighted by Gasteiger charge is -2.14. The fourth-order valence-electron chi connectivity index (χ4n) is 1.63. The van der Waals surface area contributed by atoms with E-state index in [0.717, 1.165) is 4.90 Å². The third kappa shape index (κ3) is 4.56. The number of carbonyl (C=O) groups excluding carboxylic acids is 4. The van der Waals surface area contributed by atoms with E-state index in [4.69, 9.17) is 11.5 Å². The average molecular weight is 283 g/mol. The topological polar surface area (TPSA) is 133 Å². The molecule has 1 aliphatic rings. The SMILES string of the molecule is NCC(=O)OC(=O)[C@@H](N)CCCCN1C(=O)C=CC1=O. The highest BCUT2D eigenvalue weighted by atomic mass is 16.6. The summed E-state index contributed by atoms with van der Waals surface area (Å²) in [7, 11) is 0. The molecule has 4 N–H and O–H groups in total. The van der Waals surface area contributed by atoms with Gasteiger partial charge in [-0.15, -0.1) is 0 Å². The maximum Gasteiger partial charge on any atom is 0.330 e. The predicted octanol–water partition coefficient (Wildman–Crippen LogP) is -1.56. The van der Waals surface area contributed by atoms with Crippen LogP contribution in [0, 0.1) is 0 Å². The Hall–Kier alpha value is -2.06. The Bertz CT molecular complexity index is 428. The molecule has 0 unspecified atom stereocenters. The molecule has 0 fully saturated rings. The monoisotopic (exact) mass is 283 g/mol. The Morgan fingerprint density at radius 2 is 1.80 bits per heavy atom. The minimum absolute atomic E-state index is 0.272. The first-order chi connectivity index (χ1) is 9.45. The Kier molecular flexibility index (Phi) is 6.01. The molecule has 1 atom stereocenters. The quantitative estimate of drug-likeness (QED) is 0.250. The lowest BCUT2D eigenvalue weighted by atomic mass is 10.1. The molecule has 8 nitrogen and oxygen atoms in total. The largest absolute Gasteiger partial charge is 0.391 e. The van der Waals surface area contributed by atoms with Crippen LogP contribution >= 0.6 is 0 Å². The van der Waals surface area contributed by atoms with E-state index in [9.17, 15) is 19.2 Å². The number of nitrogens with zero attached hydrogens (tertiary/aromatic N) is 1. The Balaban J connectivity index is 2.21. The molecule has 0 aromatic carbocycles. The summed E-state index contributed by atoms with van der Waals surface area (Å²) in [4.78, 5) is 45.7. The van der Waals surface area contributed by atoms with Gasteiger partial charge in [-0.3, -0.25) is 19.3 Å². The molecular formula is C12H17N3O5. The summed E-state index contributed by atoms with van der Waals surface area (Å²) < 4.78 is 4.37. The zero-order valence-electron chi connectivity index (χ0n) is 10.9. The molecule has 0 saturated heterocycles. The molecule has 0 saturated carbocycles. The summed E-state index contributed by atoms with van der Waals surface area (Å²) in [6.45, 7) is -0.112. The zero-order valence-corrected chi connectivity index (χ0v) is 10.9. The third-order valence-electron chi connectivity index (χ3n) is 2.73. The number of rotatable bonds is 7. The minimum atomic E-state index is -0.923. The zero-order chi connectivity index (χ0) is 15.1. The van der Waals surface area contributed by atoms with Crippen molar-refractivity contribution in [3.8, 4) is 0 Å². The highest BCUT2D eigenvalue weighted by molar-refractivity contribution is 6.12. The van der Waals surface area contributed by atoms with Crippen molar-refractivity contribution in [3.05, 3.63) is 12.2 Å². The van der Waals surface area contributed by atoms with Crippen LogP contribution in [0.2, 0.25) is 0 Å². The van der Waals surface area contributed by atoms with Gasteiger partial charge in [0.25, 0.3) is 11.8 Å². The normalized spacial score (nSPS) is 15.6. The van der Waals surface area contributed by atoms with Crippen molar-refractivity contribution in [2.24, 2.45) is 11.5 Å². The van der Waals surface area contributed by atoms with Gasteiger partial charge in [0.15, 0.2) is 0 Å². The number of nitrogens with two attached hydrogens (primary N) is 2. The summed E-state index contributed by atoms with van der Waals surface area (Å²) in [5, 5.41) is 0. The van der Waals surface area contributed by atoms with Gasteiger partial charge >= 0.3 is 11.9 Å². The van der Waals surface area contributed by atoms with Crippen LogP contribution in [0.1, 0.15) is 19.3 Å². The van der Waals surface area contributed by atoms with Crippen molar-refractivity contribution >= 4 is 23.8 Å². The van der Waals surface area contributed by atoms with Gasteiger partial charge in [0, 0.05) is 18.7 Å². The second-order valence-electron chi connectivity index (χ2n) is 4.26. The highest BCUT2D eigenvalue weighted by Crippen LogP contribution is 2.07. The molecule has 1 heterocycles. The lowest BCUT2D eigenvalue weighted by molar-refractivity contribution is -0.159. The maximum absolute atomic E-state index is 11.3. The van der Waals surface area contributed by atoms with Gasteiger partial charge in [-0.25, -0.2) is 4.79 Å². The van der Waals surface area contributed by atoms with Gasteiger partial charge in [-0.2, -0.15) is 0 Å². The Morgan fingerprint density at radius 3 is 2.35 bits per heavy atom. The van der Waals surface area contributed by atoms with Crippen LogP contribution in [0.4, 0.5) is 0 Å². The number of esters is 2. The molecule has 1 aliphatic heterocycles. The number of ether oxygens (including phenoxy) is 1. The molecular weight excluding hydrogens is 266 g/mol. The van der Waals surface area contributed by atoms with E-state index < -0.39 is 18.0 Å². The number of hydrogen-bond donors (Lipinski definition) is 2. The second kappa shape index (κ2) is 7.51. The molecule has 20 heavy (non-hydrogen) atoms. The van der Waals surface area contributed by atoms with E-state index in [0.29, 0.717) is 19.3 Å². The third-order valence-corrected chi connectivity index (χ3v) is 2.73. The first-order valence-electron chi connectivity index (χ1n) is 6.19. The van der Waals surface area contributed by atoms with Crippen molar-refractivity contribution in [1.82, 2.24) is 4.90 Å². The highest BCUT2D eigenvalue weighted by Gasteiger charge is 2.23. The first kappa shape index (κ1) is 16.0. The van der Waals surface area contributed by atoms with Crippen molar-refractivity contribution in [2.45, 2.75) is 25.3 Å². The smallest absolute Gasteiger partial charge is 0.330 e. The molecule has 2 amide bonds. The molecule has 110 valence electrons. The van der Waals surface area contributed by atoms with Crippen LogP contribution in [0.25, 0.3) is 0 Å².